The molecule has 0 spiro atoms. The highest BCUT2D eigenvalue weighted by Gasteiger charge is 2.25. The lowest BCUT2D eigenvalue weighted by Crippen LogP contribution is -2.50. The summed E-state index contributed by atoms with van der Waals surface area (Å²) < 4.78 is 15.7. The first-order chi connectivity index (χ1) is 13.1. The van der Waals surface area contributed by atoms with Crippen molar-refractivity contribution < 1.29 is 23.5 Å². The van der Waals surface area contributed by atoms with Crippen molar-refractivity contribution in [2.24, 2.45) is 0 Å². The zero-order valence-corrected chi connectivity index (χ0v) is 15.4. The van der Waals surface area contributed by atoms with Crippen molar-refractivity contribution >= 4 is 17.9 Å². The van der Waals surface area contributed by atoms with E-state index in [1.165, 1.54) is 12.3 Å². The summed E-state index contributed by atoms with van der Waals surface area (Å²) in [6.45, 7) is 1.90. The van der Waals surface area contributed by atoms with Gasteiger partial charge in [-0.1, -0.05) is 0 Å². The van der Waals surface area contributed by atoms with Crippen molar-refractivity contribution in [1.82, 2.24) is 9.80 Å². The molecular formula is C20H22N2O5. The number of carbonyl (C=O) groups is 2. The van der Waals surface area contributed by atoms with Gasteiger partial charge in [-0.3, -0.25) is 9.59 Å². The van der Waals surface area contributed by atoms with Crippen molar-refractivity contribution in [1.29, 1.82) is 0 Å². The molecule has 0 radical (unpaired) electrons. The van der Waals surface area contributed by atoms with Crippen molar-refractivity contribution in [2.75, 3.05) is 40.4 Å². The van der Waals surface area contributed by atoms with Gasteiger partial charge in [-0.2, -0.15) is 0 Å². The van der Waals surface area contributed by atoms with Gasteiger partial charge in [0.05, 0.1) is 20.5 Å². The SMILES string of the molecule is COc1ccc(OC)c(/C=C/C(=O)N2CCN(C(=O)c3ccco3)CC2)c1. The molecule has 0 unspecified atom stereocenters. The van der Waals surface area contributed by atoms with E-state index in [9.17, 15) is 9.59 Å². The summed E-state index contributed by atoms with van der Waals surface area (Å²) in [6.07, 6.45) is 4.70. The van der Waals surface area contributed by atoms with Crippen LogP contribution in [0.1, 0.15) is 16.1 Å². The average molecular weight is 370 g/mol. The summed E-state index contributed by atoms with van der Waals surface area (Å²) in [7, 11) is 3.17. The molecule has 27 heavy (non-hydrogen) atoms. The van der Waals surface area contributed by atoms with Gasteiger partial charge in [0, 0.05) is 37.8 Å². The molecule has 0 bridgehead atoms. The van der Waals surface area contributed by atoms with Crippen LogP contribution >= 0.6 is 0 Å². The van der Waals surface area contributed by atoms with E-state index >= 15 is 0 Å². The fourth-order valence-electron chi connectivity index (χ4n) is 2.92. The summed E-state index contributed by atoms with van der Waals surface area (Å²) >= 11 is 0. The zero-order valence-electron chi connectivity index (χ0n) is 15.4. The first-order valence-electron chi connectivity index (χ1n) is 8.64. The predicted octanol–water partition coefficient (Wildman–Crippen LogP) is 2.29. The van der Waals surface area contributed by atoms with Gasteiger partial charge in [0.1, 0.15) is 11.5 Å². The van der Waals surface area contributed by atoms with Crippen LogP contribution in [0.5, 0.6) is 11.5 Å². The molecule has 3 rings (SSSR count). The number of methoxy groups -OCH3 is 2. The number of carbonyl (C=O) groups excluding carboxylic acids is 2. The van der Waals surface area contributed by atoms with Gasteiger partial charge in [0.15, 0.2) is 5.76 Å². The van der Waals surface area contributed by atoms with Crippen LogP contribution in [-0.2, 0) is 4.79 Å². The molecule has 1 aliphatic heterocycles. The lowest BCUT2D eigenvalue weighted by atomic mass is 10.1. The molecule has 1 fully saturated rings. The van der Waals surface area contributed by atoms with E-state index in [4.69, 9.17) is 13.9 Å². The number of hydrogen-bond donors (Lipinski definition) is 0. The number of amides is 2. The summed E-state index contributed by atoms with van der Waals surface area (Å²) in [5.41, 5.74) is 0.761. The number of hydrogen-bond acceptors (Lipinski definition) is 5. The average Bonchev–Trinajstić information content (AvgIpc) is 3.26. The Hall–Kier alpha value is -3.22. The van der Waals surface area contributed by atoms with E-state index in [2.05, 4.69) is 0 Å². The second kappa shape index (κ2) is 8.44. The first-order valence-corrected chi connectivity index (χ1v) is 8.64. The predicted molar refractivity (Wildman–Crippen MR) is 99.8 cm³/mol. The van der Waals surface area contributed by atoms with Crippen LogP contribution in [0.25, 0.3) is 6.08 Å². The monoisotopic (exact) mass is 370 g/mol. The zero-order chi connectivity index (χ0) is 19.2. The minimum absolute atomic E-state index is 0.107. The van der Waals surface area contributed by atoms with Crippen molar-refractivity contribution in [2.45, 2.75) is 0 Å². The summed E-state index contributed by atoms with van der Waals surface area (Å²) in [5.74, 6) is 1.41. The van der Waals surface area contributed by atoms with Gasteiger partial charge in [0.25, 0.3) is 5.91 Å². The van der Waals surface area contributed by atoms with E-state index < -0.39 is 0 Å². The Morgan fingerprint density at radius 3 is 2.41 bits per heavy atom. The Morgan fingerprint density at radius 2 is 1.78 bits per heavy atom. The van der Waals surface area contributed by atoms with Gasteiger partial charge in [-0.05, 0) is 36.4 Å². The fourth-order valence-corrected chi connectivity index (χ4v) is 2.92. The lowest BCUT2D eigenvalue weighted by molar-refractivity contribution is -0.127. The third-order valence-corrected chi connectivity index (χ3v) is 4.45. The van der Waals surface area contributed by atoms with E-state index in [1.54, 1.807) is 54.4 Å². The maximum atomic E-state index is 12.5. The standard InChI is InChI=1S/C20H22N2O5/c1-25-16-6-7-17(26-2)15(14-16)5-8-19(23)21-9-11-22(12-10-21)20(24)18-4-3-13-27-18/h3-8,13-14H,9-12H2,1-2H3/b8-5+. The van der Waals surface area contributed by atoms with Crippen molar-refractivity contribution in [3.63, 3.8) is 0 Å². The van der Waals surface area contributed by atoms with Crippen molar-refractivity contribution in [3.05, 3.63) is 54.0 Å². The van der Waals surface area contributed by atoms with E-state index in [1.807, 2.05) is 6.07 Å². The van der Waals surface area contributed by atoms with Crippen LogP contribution in [0.15, 0.2) is 47.1 Å². The summed E-state index contributed by atoms with van der Waals surface area (Å²) in [5, 5.41) is 0. The fraction of sp³-hybridized carbons (Fsp3) is 0.300. The molecule has 1 saturated heterocycles. The number of rotatable bonds is 5. The molecule has 2 aromatic rings. The van der Waals surface area contributed by atoms with Crippen LogP contribution < -0.4 is 9.47 Å². The molecule has 0 saturated carbocycles. The van der Waals surface area contributed by atoms with Gasteiger partial charge < -0.3 is 23.7 Å². The lowest BCUT2D eigenvalue weighted by Gasteiger charge is -2.33. The highest BCUT2D eigenvalue weighted by molar-refractivity contribution is 5.93. The number of piperazine rings is 1. The summed E-state index contributed by atoms with van der Waals surface area (Å²) in [4.78, 5) is 28.2. The third kappa shape index (κ3) is 4.31. The largest absolute Gasteiger partial charge is 0.497 e. The minimum Gasteiger partial charge on any atom is -0.497 e. The Balaban J connectivity index is 1.60. The topological polar surface area (TPSA) is 72.2 Å². The van der Waals surface area contributed by atoms with Gasteiger partial charge in [-0.25, -0.2) is 0 Å². The Labute approximate surface area is 157 Å². The third-order valence-electron chi connectivity index (χ3n) is 4.45. The number of benzene rings is 1. The molecule has 2 amide bonds. The van der Waals surface area contributed by atoms with Crippen LogP contribution in [0.2, 0.25) is 0 Å². The normalized spacial score (nSPS) is 14.4. The second-order valence-corrected chi connectivity index (χ2v) is 6.04. The van der Waals surface area contributed by atoms with Crippen molar-refractivity contribution in [3.8, 4) is 11.5 Å². The van der Waals surface area contributed by atoms with Crippen LogP contribution in [-0.4, -0.2) is 62.0 Å². The van der Waals surface area contributed by atoms with Gasteiger partial charge in [0.2, 0.25) is 5.91 Å². The molecule has 1 aromatic heterocycles. The second-order valence-electron chi connectivity index (χ2n) is 6.04. The van der Waals surface area contributed by atoms with E-state index in [-0.39, 0.29) is 11.8 Å². The molecule has 7 nitrogen and oxygen atoms in total. The molecular weight excluding hydrogens is 348 g/mol. The molecule has 0 aliphatic carbocycles. The molecule has 0 N–H and O–H groups in total. The van der Waals surface area contributed by atoms with E-state index in [0.717, 1.165) is 5.56 Å². The van der Waals surface area contributed by atoms with Gasteiger partial charge >= 0.3 is 0 Å². The van der Waals surface area contributed by atoms with Crippen LogP contribution in [0.4, 0.5) is 0 Å². The maximum Gasteiger partial charge on any atom is 0.289 e. The number of ether oxygens (including phenoxy) is 2. The Bertz CT molecular complexity index is 821. The number of furan rings is 1. The Kier molecular flexibility index (Phi) is 5.80. The Morgan fingerprint density at radius 1 is 1.04 bits per heavy atom. The van der Waals surface area contributed by atoms with Gasteiger partial charge in [-0.15, -0.1) is 0 Å². The molecule has 2 heterocycles. The highest BCUT2D eigenvalue weighted by atomic mass is 16.5. The minimum atomic E-state index is -0.149. The quantitative estimate of drug-likeness (QED) is 0.755. The summed E-state index contributed by atoms with van der Waals surface area (Å²) in [6, 6.07) is 8.73. The first kappa shape index (κ1) is 18.6. The van der Waals surface area contributed by atoms with E-state index in [0.29, 0.717) is 43.4 Å². The van der Waals surface area contributed by atoms with Crippen LogP contribution in [0, 0.1) is 0 Å². The smallest absolute Gasteiger partial charge is 0.289 e. The van der Waals surface area contributed by atoms with Crippen LogP contribution in [0.3, 0.4) is 0 Å². The maximum absolute atomic E-state index is 12.5. The molecule has 142 valence electrons. The highest BCUT2D eigenvalue weighted by Crippen LogP contribution is 2.25. The molecule has 0 atom stereocenters. The molecule has 7 heteroatoms. The number of nitrogens with zero attached hydrogens (tertiary/aromatic N) is 2. The molecule has 1 aliphatic rings. The molecule has 1 aromatic carbocycles.